The van der Waals surface area contributed by atoms with Crippen LogP contribution in [-0.4, -0.2) is 4.70 Å². The number of nitrogens with zero attached hydrogens (tertiary/aromatic N) is 2. The van der Waals surface area contributed by atoms with E-state index in [0.717, 1.165) is 62.8 Å². The third-order valence-corrected chi connectivity index (χ3v) is 12.1. The SMILES string of the molecule is CCCCCCCCC1=C(c2cc(CCCC)c(CCCC)c(CCCC)c2)[N+](=[N-])C(c2cc(CCCC)c(CCCC)c(CCCC)c2)=C1CCCC.[CH3-].[CH3-].[Ni+2]. The van der Waals surface area contributed by atoms with Gasteiger partial charge in [0, 0.05) is 22.3 Å². The largest absolute Gasteiger partial charge is 2.00 e. The van der Waals surface area contributed by atoms with Crippen molar-refractivity contribution in [3.63, 3.8) is 0 Å². The van der Waals surface area contributed by atoms with Gasteiger partial charge in [0.15, 0.2) is 0 Å². The van der Waals surface area contributed by atoms with E-state index in [1.54, 1.807) is 38.1 Å². The first-order chi connectivity index (χ1) is 26.4. The molecule has 0 spiro atoms. The second-order valence-corrected chi connectivity index (χ2v) is 16.8. The van der Waals surface area contributed by atoms with Gasteiger partial charge in [0.2, 0.25) is 11.4 Å². The van der Waals surface area contributed by atoms with Crippen LogP contribution in [0.2, 0.25) is 0 Å². The molecule has 1 aliphatic rings. The van der Waals surface area contributed by atoms with Crippen LogP contribution < -0.4 is 0 Å². The maximum absolute atomic E-state index is 12.9. The predicted molar refractivity (Wildman–Crippen MR) is 252 cm³/mol. The predicted octanol–water partition coefficient (Wildman–Crippen LogP) is 17.8. The van der Waals surface area contributed by atoms with E-state index in [2.05, 4.69) is 79.7 Å². The minimum Gasteiger partial charge on any atom is -0.493 e. The van der Waals surface area contributed by atoms with Crippen molar-refractivity contribution in [1.29, 1.82) is 0 Å². The Morgan fingerprint density at radius 2 is 0.614 bits per heavy atom. The number of allylic oxidation sites excluding steroid dienone is 2. The third-order valence-electron chi connectivity index (χ3n) is 12.1. The number of aryl methyl sites for hydroxylation is 4. The first-order valence-corrected chi connectivity index (χ1v) is 23.7. The molecule has 1 heterocycles. The number of benzene rings is 2. The molecule has 0 radical (unpaired) electrons. The summed E-state index contributed by atoms with van der Waals surface area (Å²) in [5.74, 6) is 0. The first kappa shape index (κ1) is 55.0. The van der Waals surface area contributed by atoms with Crippen molar-refractivity contribution in [3.05, 3.63) is 100 Å². The van der Waals surface area contributed by atoms with Gasteiger partial charge in [-0.1, -0.05) is 132 Å². The summed E-state index contributed by atoms with van der Waals surface area (Å²) in [6.45, 7) is 18.6. The fourth-order valence-electron chi connectivity index (χ4n) is 8.80. The van der Waals surface area contributed by atoms with Crippen LogP contribution in [0.3, 0.4) is 0 Å². The zero-order chi connectivity index (χ0) is 39.1. The molecule has 3 heteroatoms. The van der Waals surface area contributed by atoms with Crippen molar-refractivity contribution in [1.82, 2.24) is 0 Å². The summed E-state index contributed by atoms with van der Waals surface area (Å²) in [5, 5.41) is 0. The van der Waals surface area contributed by atoms with E-state index >= 15 is 0 Å². The Kier molecular flexibility index (Phi) is 30.8. The van der Waals surface area contributed by atoms with Crippen molar-refractivity contribution in [2.45, 2.75) is 235 Å². The summed E-state index contributed by atoms with van der Waals surface area (Å²) >= 11 is 0. The van der Waals surface area contributed by atoms with Crippen LogP contribution >= 0.6 is 0 Å². The maximum Gasteiger partial charge on any atom is 2.00 e. The van der Waals surface area contributed by atoms with Crippen LogP contribution in [0.25, 0.3) is 16.9 Å². The van der Waals surface area contributed by atoms with E-state index in [1.807, 2.05) is 0 Å². The molecule has 0 amide bonds. The Hall–Kier alpha value is -1.99. The molecular weight excluding hydrogens is 735 g/mol. The molecular formula is C54H90N2Ni. The smallest absolute Gasteiger partial charge is 0.493 e. The number of hydrogen-bond donors (Lipinski definition) is 0. The van der Waals surface area contributed by atoms with Crippen LogP contribution in [0.15, 0.2) is 35.4 Å². The Bertz CT molecular complexity index is 1420. The zero-order valence-corrected chi connectivity index (χ0v) is 40.3. The van der Waals surface area contributed by atoms with Crippen molar-refractivity contribution in [2.24, 2.45) is 0 Å². The van der Waals surface area contributed by atoms with Gasteiger partial charge in [0.1, 0.15) is 0 Å². The van der Waals surface area contributed by atoms with Gasteiger partial charge in [-0.05, 0) is 160 Å². The van der Waals surface area contributed by atoms with E-state index in [4.69, 9.17) is 0 Å². The number of unbranched alkanes of at least 4 members (excludes halogenated alkanes) is 12. The molecule has 326 valence electrons. The quantitative estimate of drug-likeness (QED) is 0.0325. The van der Waals surface area contributed by atoms with Gasteiger partial charge in [0.05, 0.1) is 0 Å². The summed E-state index contributed by atoms with van der Waals surface area (Å²) < 4.78 is 1.72. The summed E-state index contributed by atoms with van der Waals surface area (Å²) in [7, 11) is 0. The second kappa shape index (κ2) is 31.9. The standard InChI is InChI=1S/C52H84N2.2CH3.Ni/c1-9-17-25-26-27-28-36-50-49(35-24-16-8)51(45-37-41(29-18-10-2)47(33-22-14-6)42(38-45)30-19-11-3)54(53)52(50)46-39-43(31-20-12-4)48(34-23-15-7)44(40-46)32-21-13-5;;;/h37-40H,9-36H2,1-8H3;2*1H3;/q;2*-1;+2. The molecule has 0 aromatic heterocycles. The summed E-state index contributed by atoms with van der Waals surface area (Å²) in [6, 6.07) is 10.1. The molecule has 0 bridgehead atoms. The zero-order valence-electron chi connectivity index (χ0n) is 39.3. The molecule has 0 unspecified atom stereocenters. The minimum absolute atomic E-state index is 0. The van der Waals surface area contributed by atoms with Crippen molar-refractivity contribution < 1.29 is 21.2 Å². The van der Waals surface area contributed by atoms with E-state index in [9.17, 15) is 5.53 Å². The topological polar surface area (TPSA) is 25.3 Å². The normalized spacial score (nSPS) is 12.6. The molecule has 0 aliphatic carbocycles. The van der Waals surface area contributed by atoms with E-state index in [0.29, 0.717) is 0 Å². The van der Waals surface area contributed by atoms with Gasteiger partial charge in [0.25, 0.3) is 0 Å². The fraction of sp³-hybridized carbons (Fsp3) is 0.667. The Balaban J connectivity index is 0.0000105. The van der Waals surface area contributed by atoms with Gasteiger partial charge < -0.3 is 20.4 Å². The van der Waals surface area contributed by atoms with Gasteiger partial charge in [-0.25, -0.2) is 4.70 Å². The van der Waals surface area contributed by atoms with E-state index in [-0.39, 0.29) is 31.3 Å². The Morgan fingerprint density at radius 1 is 0.351 bits per heavy atom. The van der Waals surface area contributed by atoms with E-state index in [1.165, 1.54) is 151 Å². The third kappa shape index (κ3) is 16.5. The average molecular weight is 826 g/mol. The molecule has 2 aromatic rings. The first-order valence-electron chi connectivity index (χ1n) is 23.7. The summed E-state index contributed by atoms with van der Waals surface area (Å²) in [6.07, 6.45) is 33.7. The number of hydrogen-bond acceptors (Lipinski definition) is 0. The average Bonchev–Trinajstić information content (AvgIpc) is 3.46. The van der Waals surface area contributed by atoms with Crippen LogP contribution in [0.1, 0.15) is 241 Å². The summed E-state index contributed by atoms with van der Waals surface area (Å²) in [5.41, 5.74) is 29.8. The molecule has 57 heavy (non-hydrogen) atoms. The molecule has 0 atom stereocenters. The van der Waals surface area contributed by atoms with Crippen LogP contribution in [0, 0.1) is 14.9 Å². The molecule has 3 rings (SSSR count). The molecule has 1 aliphatic heterocycles. The molecule has 2 aromatic carbocycles. The van der Waals surface area contributed by atoms with Gasteiger partial charge >= 0.3 is 16.5 Å². The Labute approximate surface area is 366 Å². The van der Waals surface area contributed by atoms with Gasteiger partial charge in [-0.3, -0.25) is 0 Å². The molecule has 2 nitrogen and oxygen atoms in total. The monoisotopic (exact) mass is 825 g/mol. The van der Waals surface area contributed by atoms with Crippen LogP contribution in [0.4, 0.5) is 0 Å². The number of rotatable bonds is 30. The van der Waals surface area contributed by atoms with Crippen molar-refractivity contribution in [2.75, 3.05) is 0 Å². The minimum atomic E-state index is 0. The second-order valence-electron chi connectivity index (χ2n) is 16.8. The van der Waals surface area contributed by atoms with Gasteiger partial charge in [-0.15, -0.1) is 0 Å². The summed E-state index contributed by atoms with van der Waals surface area (Å²) in [4.78, 5) is 0. The molecule has 0 fully saturated rings. The van der Waals surface area contributed by atoms with Gasteiger partial charge in [-0.2, -0.15) is 0 Å². The van der Waals surface area contributed by atoms with Crippen molar-refractivity contribution in [3.8, 4) is 0 Å². The molecule has 0 saturated carbocycles. The Morgan fingerprint density at radius 3 is 0.947 bits per heavy atom. The fourth-order valence-corrected chi connectivity index (χ4v) is 8.80. The van der Waals surface area contributed by atoms with E-state index < -0.39 is 0 Å². The maximum atomic E-state index is 12.9. The van der Waals surface area contributed by atoms with Crippen molar-refractivity contribution >= 4 is 11.4 Å². The molecule has 0 N–H and O–H groups in total. The van der Waals surface area contributed by atoms with Crippen LogP contribution in [0.5, 0.6) is 0 Å². The molecule has 0 saturated heterocycles. The van der Waals surface area contributed by atoms with Crippen LogP contribution in [-0.2, 0) is 55.0 Å².